The van der Waals surface area contributed by atoms with Crippen LogP contribution in [0.25, 0.3) is 0 Å². The van der Waals surface area contributed by atoms with E-state index < -0.39 is 6.10 Å². The average molecular weight is 346 g/mol. The molecule has 0 saturated heterocycles. The summed E-state index contributed by atoms with van der Waals surface area (Å²) in [6.45, 7) is 4.69. The molecule has 1 unspecified atom stereocenters. The fraction of sp³-hybridized carbons (Fsp3) is 0.217. The highest BCUT2D eigenvalue weighted by Crippen LogP contribution is 2.27. The van der Waals surface area contributed by atoms with E-state index in [1.807, 2.05) is 30.3 Å². The second-order valence-electron chi connectivity index (χ2n) is 6.73. The van der Waals surface area contributed by atoms with Gasteiger partial charge in [-0.3, -0.25) is 0 Å². The number of hydrogen-bond acceptors (Lipinski definition) is 3. The molecule has 0 heterocycles. The Labute approximate surface area is 155 Å². The summed E-state index contributed by atoms with van der Waals surface area (Å²) in [6.07, 6.45) is -0.477. The number of aliphatic hydroxyl groups excluding tert-OH is 1. The predicted molar refractivity (Wildman–Crippen MR) is 110 cm³/mol. The Hall–Kier alpha value is -2.78. The number of aryl methyl sites for hydroxylation is 1. The van der Waals surface area contributed by atoms with Gasteiger partial charge in [0.1, 0.15) is 0 Å². The van der Waals surface area contributed by atoms with Crippen molar-refractivity contribution in [3.8, 4) is 0 Å². The van der Waals surface area contributed by atoms with E-state index >= 15 is 0 Å². The number of nitrogens with one attached hydrogen (secondary N) is 1. The highest BCUT2D eigenvalue weighted by atomic mass is 16.3. The van der Waals surface area contributed by atoms with Gasteiger partial charge < -0.3 is 15.3 Å². The lowest BCUT2D eigenvalue weighted by molar-refractivity contribution is 0.199. The van der Waals surface area contributed by atoms with Crippen LogP contribution in [-0.2, 0) is 6.54 Å². The molecule has 0 fully saturated rings. The van der Waals surface area contributed by atoms with Crippen molar-refractivity contribution in [3.05, 3.63) is 89.5 Å². The smallest absolute Gasteiger partial charge is 0.0781 e. The van der Waals surface area contributed by atoms with Crippen molar-refractivity contribution in [2.75, 3.05) is 17.3 Å². The minimum atomic E-state index is -0.477. The third kappa shape index (κ3) is 4.24. The van der Waals surface area contributed by atoms with E-state index in [2.05, 4.69) is 66.7 Å². The van der Waals surface area contributed by atoms with Gasteiger partial charge in [-0.15, -0.1) is 0 Å². The van der Waals surface area contributed by atoms with Crippen LogP contribution in [0.4, 0.5) is 17.1 Å². The lowest BCUT2D eigenvalue weighted by Gasteiger charge is -2.24. The Bertz CT molecular complexity index is 856. The molecule has 26 heavy (non-hydrogen) atoms. The Morgan fingerprint density at radius 1 is 0.923 bits per heavy atom. The van der Waals surface area contributed by atoms with Crippen LogP contribution in [-0.4, -0.2) is 12.2 Å². The molecule has 2 N–H and O–H groups in total. The second-order valence-corrected chi connectivity index (χ2v) is 6.73. The molecule has 0 aliphatic rings. The number of rotatable bonds is 6. The molecular weight excluding hydrogens is 320 g/mol. The van der Waals surface area contributed by atoms with E-state index in [0.717, 1.165) is 29.2 Å². The normalized spacial score (nSPS) is 11.8. The van der Waals surface area contributed by atoms with Crippen LogP contribution >= 0.6 is 0 Å². The van der Waals surface area contributed by atoms with Crippen LogP contribution in [0, 0.1) is 6.92 Å². The third-order valence-electron chi connectivity index (χ3n) is 4.60. The fourth-order valence-electron chi connectivity index (χ4n) is 3.11. The zero-order valence-corrected chi connectivity index (χ0v) is 15.6. The van der Waals surface area contributed by atoms with Gasteiger partial charge in [0, 0.05) is 36.2 Å². The molecule has 3 rings (SSSR count). The molecular formula is C23H26N2O. The van der Waals surface area contributed by atoms with Crippen molar-refractivity contribution >= 4 is 17.1 Å². The van der Waals surface area contributed by atoms with Gasteiger partial charge in [0.25, 0.3) is 0 Å². The molecule has 0 bridgehead atoms. The minimum Gasteiger partial charge on any atom is -0.389 e. The van der Waals surface area contributed by atoms with Gasteiger partial charge in [0.05, 0.1) is 6.10 Å². The maximum Gasteiger partial charge on any atom is 0.0781 e. The standard InChI is InChI=1S/C23H26N2O/c1-17-8-4-6-10-22(17)24-20-14-12-19(13-15-20)16-25(3)23-11-7-5-9-21(23)18(2)26/h4-15,18,24,26H,16H2,1-3H3. The van der Waals surface area contributed by atoms with Gasteiger partial charge in [-0.1, -0.05) is 48.5 Å². The molecule has 0 aromatic heterocycles. The first-order valence-corrected chi connectivity index (χ1v) is 8.94. The van der Waals surface area contributed by atoms with Gasteiger partial charge in [-0.05, 0) is 49.2 Å². The lowest BCUT2D eigenvalue weighted by Crippen LogP contribution is -2.18. The van der Waals surface area contributed by atoms with E-state index in [-0.39, 0.29) is 0 Å². The first-order chi connectivity index (χ1) is 12.5. The van der Waals surface area contributed by atoms with E-state index in [1.54, 1.807) is 6.92 Å². The number of nitrogens with zero attached hydrogens (tertiary/aromatic N) is 1. The monoisotopic (exact) mass is 346 g/mol. The predicted octanol–water partition coefficient (Wildman–Crippen LogP) is 5.43. The van der Waals surface area contributed by atoms with Gasteiger partial charge in [-0.2, -0.15) is 0 Å². The van der Waals surface area contributed by atoms with Gasteiger partial charge >= 0.3 is 0 Å². The largest absolute Gasteiger partial charge is 0.389 e. The summed E-state index contributed by atoms with van der Waals surface area (Å²) in [5.41, 5.74) is 6.67. The highest BCUT2D eigenvalue weighted by molar-refractivity contribution is 5.63. The molecule has 0 aliphatic carbocycles. The van der Waals surface area contributed by atoms with Crippen LogP contribution in [0.3, 0.4) is 0 Å². The Morgan fingerprint density at radius 3 is 2.27 bits per heavy atom. The molecule has 3 aromatic carbocycles. The molecule has 1 atom stereocenters. The Kier molecular flexibility index (Phi) is 5.59. The van der Waals surface area contributed by atoms with Gasteiger partial charge in [0.15, 0.2) is 0 Å². The number of hydrogen-bond donors (Lipinski definition) is 2. The van der Waals surface area contributed by atoms with E-state index in [1.165, 1.54) is 11.1 Å². The molecule has 3 aromatic rings. The molecule has 0 aliphatic heterocycles. The van der Waals surface area contributed by atoms with Crippen molar-refractivity contribution in [2.24, 2.45) is 0 Å². The zero-order chi connectivity index (χ0) is 18.5. The summed E-state index contributed by atoms with van der Waals surface area (Å²) in [5.74, 6) is 0. The quantitative estimate of drug-likeness (QED) is 0.625. The Balaban J connectivity index is 1.71. The van der Waals surface area contributed by atoms with Crippen LogP contribution in [0.2, 0.25) is 0 Å². The van der Waals surface area contributed by atoms with Crippen molar-refractivity contribution in [2.45, 2.75) is 26.5 Å². The zero-order valence-electron chi connectivity index (χ0n) is 15.6. The van der Waals surface area contributed by atoms with E-state index in [4.69, 9.17) is 0 Å². The SMILES string of the molecule is Cc1ccccc1Nc1ccc(CN(C)c2ccccc2C(C)O)cc1. The molecule has 0 spiro atoms. The number of anilines is 3. The summed E-state index contributed by atoms with van der Waals surface area (Å²) in [6, 6.07) is 24.8. The maximum absolute atomic E-state index is 9.98. The molecule has 0 amide bonds. The first kappa shape index (κ1) is 18.0. The van der Waals surface area contributed by atoms with Crippen molar-refractivity contribution < 1.29 is 5.11 Å². The van der Waals surface area contributed by atoms with Gasteiger partial charge in [-0.25, -0.2) is 0 Å². The summed E-state index contributed by atoms with van der Waals surface area (Å²) >= 11 is 0. The number of aliphatic hydroxyl groups is 1. The van der Waals surface area contributed by atoms with E-state index in [9.17, 15) is 5.11 Å². The summed E-state index contributed by atoms with van der Waals surface area (Å²) in [7, 11) is 2.06. The maximum atomic E-state index is 9.98. The number of benzene rings is 3. The minimum absolute atomic E-state index is 0.477. The third-order valence-corrected chi connectivity index (χ3v) is 4.60. The fourth-order valence-corrected chi connectivity index (χ4v) is 3.11. The van der Waals surface area contributed by atoms with Crippen molar-refractivity contribution in [1.82, 2.24) is 0 Å². The lowest BCUT2D eigenvalue weighted by atomic mass is 10.1. The molecule has 3 heteroatoms. The van der Waals surface area contributed by atoms with E-state index in [0.29, 0.717) is 0 Å². The summed E-state index contributed by atoms with van der Waals surface area (Å²) < 4.78 is 0. The van der Waals surface area contributed by atoms with Gasteiger partial charge in [0.2, 0.25) is 0 Å². The Morgan fingerprint density at radius 2 is 1.58 bits per heavy atom. The molecule has 134 valence electrons. The molecule has 3 nitrogen and oxygen atoms in total. The van der Waals surface area contributed by atoms with Crippen LogP contribution < -0.4 is 10.2 Å². The second kappa shape index (κ2) is 8.07. The average Bonchev–Trinajstić information content (AvgIpc) is 2.65. The summed E-state index contributed by atoms with van der Waals surface area (Å²) in [5, 5.41) is 13.4. The first-order valence-electron chi connectivity index (χ1n) is 8.94. The van der Waals surface area contributed by atoms with Crippen LogP contribution in [0.1, 0.15) is 29.7 Å². The number of para-hydroxylation sites is 2. The molecule has 0 radical (unpaired) electrons. The summed E-state index contributed by atoms with van der Waals surface area (Å²) in [4.78, 5) is 2.17. The highest BCUT2D eigenvalue weighted by Gasteiger charge is 2.11. The van der Waals surface area contributed by atoms with Crippen LogP contribution in [0.15, 0.2) is 72.8 Å². The van der Waals surface area contributed by atoms with Crippen molar-refractivity contribution in [1.29, 1.82) is 0 Å². The van der Waals surface area contributed by atoms with Crippen LogP contribution in [0.5, 0.6) is 0 Å². The topological polar surface area (TPSA) is 35.5 Å². The molecule has 0 saturated carbocycles. The van der Waals surface area contributed by atoms with Crippen molar-refractivity contribution in [3.63, 3.8) is 0 Å².